The number of esters is 2. The molecule has 10 nitrogen and oxygen atoms in total. The van der Waals surface area contributed by atoms with Crippen LogP contribution in [0.4, 0.5) is 24.1 Å². The van der Waals surface area contributed by atoms with Crippen LogP contribution in [0.15, 0.2) is 97.1 Å². The van der Waals surface area contributed by atoms with Gasteiger partial charge in [-0.3, -0.25) is 14.9 Å². The van der Waals surface area contributed by atoms with E-state index < -0.39 is 36.1 Å². The van der Waals surface area contributed by atoms with Crippen LogP contribution in [0.5, 0.6) is 11.5 Å². The van der Waals surface area contributed by atoms with Gasteiger partial charge in [0.15, 0.2) is 10.8 Å². The summed E-state index contributed by atoms with van der Waals surface area (Å²) in [6, 6.07) is 28.0. The van der Waals surface area contributed by atoms with Gasteiger partial charge >= 0.3 is 18.1 Å². The summed E-state index contributed by atoms with van der Waals surface area (Å²) in [6.45, 7) is 9.81. The predicted molar refractivity (Wildman–Crippen MR) is 230 cm³/mol. The van der Waals surface area contributed by atoms with E-state index in [1.54, 1.807) is 45.9 Å². The smallest absolute Gasteiger partial charge is 0.395 e. The standard InChI is InChI=1S/C47H45F3N4O6S/c1-6-58-41(55)24-22-36(47(48,49)50)30-17-19-31(20-18-30)59-38-15-10-12-32(28(38)2)33-21-23-40(52-42(33)44(57)60-46(3,4)5)54-26-25-29-11-9-13-34(35(29)27-54)43(56)53-45-51-37-14-7-8-16-39(37)61-45/h7-21,23,36H,6,22,24-27H2,1-5H3,(H,51,53,56)/t36-/m1/s1. The molecule has 61 heavy (non-hydrogen) atoms. The van der Waals surface area contributed by atoms with E-state index >= 15 is 0 Å². The molecule has 2 aromatic heterocycles. The number of amides is 1. The molecule has 1 atom stereocenters. The first-order valence-electron chi connectivity index (χ1n) is 19.9. The number of fused-ring (bicyclic) bond motifs is 2. The third-order valence-electron chi connectivity index (χ3n) is 10.3. The summed E-state index contributed by atoms with van der Waals surface area (Å²) in [5, 5.41) is 3.49. The molecule has 0 fully saturated rings. The molecule has 0 spiro atoms. The minimum Gasteiger partial charge on any atom is -0.466 e. The number of hydrogen-bond donors (Lipinski definition) is 1. The van der Waals surface area contributed by atoms with E-state index in [0.717, 1.165) is 21.3 Å². The molecule has 6 aromatic rings. The Kier molecular flexibility index (Phi) is 12.5. The Hall–Kier alpha value is -6.28. The molecule has 1 aliphatic heterocycles. The van der Waals surface area contributed by atoms with E-state index in [4.69, 9.17) is 19.2 Å². The fourth-order valence-corrected chi connectivity index (χ4v) is 8.19. The van der Waals surface area contributed by atoms with Crippen LogP contribution in [0.25, 0.3) is 21.3 Å². The van der Waals surface area contributed by atoms with E-state index in [2.05, 4.69) is 10.3 Å². The van der Waals surface area contributed by atoms with Gasteiger partial charge in [0.05, 0.1) is 22.7 Å². The summed E-state index contributed by atoms with van der Waals surface area (Å²) in [7, 11) is 0. The highest BCUT2D eigenvalue weighted by Crippen LogP contribution is 2.41. The molecule has 0 unspecified atom stereocenters. The van der Waals surface area contributed by atoms with Crippen LogP contribution in [0.3, 0.4) is 0 Å². The van der Waals surface area contributed by atoms with Gasteiger partial charge in [0.2, 0.25) is 0 Å². The largest absolute Gasteiger partial charge is 0.466 e. The first-order valence-corrected chi connectivity index (χ1v) is 20.8. The molecule has 4 aromatic carbocycles. The number of carbonyl (C=O) groups is 3. The topological polar surface area (TPSA) is 120 Å². The molecule has 316 valence electrons. The number of aromatic nitrogens is 2. The SMILES string of the molecule is CCOC(=O)CC[C@H](c1ccc(Oc2cccc(-c3ccc(N4CCc5cccc(C(=O)Nc6nc7ccccc7s6)c5C4)nc3C(=O)OC(C)(C)C)c2C)cc1)C(F)(F)F. The van der Waals surface area contributed by atoms with Crippen molar-refractivity contribution in [2.75, 3.05) is 23.4 Å². The van der Waals surface area contributed by atoms with E-state index in [0.29, 0.717) is 64.2 Å². The summed E-state index contributed by atoms with van der Waals surface area (Å²) in [4.78, 5) is 51.0. The summed E-state index contributed by atoms with van der Waals surface area (Å²) in [5.74, 6) is -2.17. The number of hydrogen-bond acceptors (Lipinski definition) is 10. The fourth-order valence-electron chi connectivity index (χ4n) is 7.33. The van der Waals surface area contributed by atoms with Crippen LogP contribution < -0.4 is 15.0 Å². The van der Waals surface area contributed by atoms with Crippen LogP contribution >= 0.6 is 11.3 Å². The molecule has 0 radical (unpaired) electrons. The first-order chi connectivity index (χ1) is 29.1. The van der Waals surface area contributed by atoms with Crippen molar-refractivity contribution in [2.24, 2.45) is 0 Å². The van der Waals surface area contributed by atoms with Crippen LogP contribution in [0.2, 0.25) is 0 Å². The third-order valence-corrected chi connectivity index (χ3v) is 11.2. The number of carbonyl (C=O) groups excluding carboxylic acids is 3. The highest BCUT2D eigenvalue weighted by atomic mass is 32.1. The molecule has 7 rings (SSSR count). The Morgan fingerprint density at radius 1 is 0.885 bits per heavy atom. The maximum Gasteiger partial charge on any atom is 0.395 e. The van der Waals surface area contributed by atoms with Crippen LogP contribution in [-0.4, -0.2) is 52.7 Å². The number of pyridine rings is 1. The maximum absolute atomic E-state index is 14.0. The first kappa shape index (κ1) is 42.8. The second-order valence-electron chi connectivity index (χ2n) is 15.7. The van der Waals surface area contributed by atoms with Crippen molar-refractivity contribution in [1.29, 1.82) is 0 Å². The number of benzene rings is 4. The van der Waals surface area contributed by atoms with Gasteiger partial charge in [-0.2, -0.15) is 13.2 Å². The molecule has 0 bridgehead atoms. The summed E-state index contributed by atoms with van der Waals surface area (Å²) < 4.78 is 59.9. The Morgan fingerprint density at radius 2 is 1.64 bits per heavy atom. The van der Waals surface area contributed by atoms with E-state index in [1.165, 1.54) is 35.6 Å². The van der Waals surface area contributed by atoms with Gasteiger partial charge in [0.25, 0.3) is 5.91 Å². The van der Waals surface area contributed by atoms with E-state index in [1.807, 2.05) is 66.4 Å². The van der Waals surface area contributed by atoms with Crippen molar-refractivity contribution in [2.45, 2.75) is 78.1 Å². The Labute approximate surface area is 355 Å². The van der Waals surface area contributed by atoms with Gasteiger partial charge in [0.1, 0.15) is 22.9 Å². The zero-order valence-electron chi connectivity index (χ0n) is 34.4. The molecular weight excluding hydrogens is 806 g/mol. The number of ether oxygens (including phenoxy) is 3. The molecule has 3 heterocycles. The van der Waals surface area contributed by atoms with Crippen molar-refractivity contribution >= 4 is 50.3 Å². The minimum atomic E-state index is -4.56. The molecule has 14 heteroatoms. The van der Waals surface area contributed by atoms with Crippen molar-refractivity contribution in [3.63, 3.8) is 0 Å². The lowest BCUT2D eigenvalue weighted by molar-refractivity contribution is -0.156. The molecule has 1 amide bonds. The fraction of sp³-hybridized carbons (Fsp3) is 0.298. The average molecular weight is 851 g/mol. The van der Waals surface area contributed by atoms with Crippen LogP contribution in [-0.2, 0) is 27.2 Å². The number of nitrogens with one attached hydrogen (secondary N) is 1. The monoisotopic (exact) mass is 850 g/mol. The number of thiazole rings is 1. The van der Waals surface area contributed by atoms with E-state index in [-0.39, 0.29) is 30.2 Å². The quantitative estimate of drug-likeness (QED) is 0.120. The van der Waals surface area contributed by atoms with Crippen molar-refractivity contribution in [1.82, 2.24) is 9.97 Å². The summed E-state index contributed by atoms with van der Waals surface area (Å²) in [6.07, 6.45) is -4.72. The van der Waals surface area contributed by atoms with E-state index in [9.17, 15) is 27.6 Å². The molecule has 0 aliphatic carbocycles. The molecular formula is C47H45F3N4O6S. The molecule has 1 N–H and O–H groups in total. The Morgan fingerprint density at radius 3 is 2.36 bits per heavy atom. The maximum atomic E-state index is 14.0. The van der Waals surface area contributed by atoms with Gasteiger partial charge in [-0.25, -0.2) is 14.8 Å². The summed E-state index contributed by atoms with van der Waals surface area (Å²) in [5.41, 5.74) is 4.32. The Bertz CT molecular complexity index is 2550. The zero-order valence-corrected chi connectivity index (χ0v) is 35.2. The van der Waals surface area contributed by atoms with Crippen LogP contribution in [0, 0.1) is 6.92 Å². The second kappa shape index (κ2) is 17.7. The van der Waals surface area contributed by atoms with Crippen molar-refractivity contribution in [3.8, 4) is 22.6 Å². The van der Waals surface area contributed by atoms with Gasteiger partial charge in [0, 0.05) is 30.6 Å². The van der Waals surface area contributed by atoms with Gasteiger partial charge in [-0.05, 0) is 124 Å². The number of nitrogens with zero attached hydrogens (tertiary/aromatic N) is 3. The van der Waals surface area contributed by atoms with Gasteiger partial charge < -0.3 is 19.1 Å². The van der Waals surface area contributed by atoms with Crippen molar-refractivity contribution < 1.29 is 41.8 Å². The third kappa shape index (κ3) is 10.0. The highest BCUT2D eigenvalue weighted by Gasteiger charge is 2.40. The zero-order chi connectivity index (χ0) is 43.5. The Balaban J connectivity index is 1.15. The van der Waals surface area contributed by atoms with Crippen molar-refractivity contribution in [3.05, 3.63) is 131 Å². The number of halogens is 3. The molecule has 0 saturated carbocycles. The minimum absolute atomic E-state index is 0.00364. The average Bonchev–Trinajstić information content (AvgIpc) is 3.63. The number of anilines is 2. The lowest BCUT2D eigenvalue weighted by atomic mass is 9.93. The lowest BCUT2D eigenvalue weighted by Gasteiger charge is -2.31. The summed E-state index contributed by atoms with van der Waals surface area (Å²) >= 11 is 1.41. The second-order valence-corrected chi connectivity index (χ2v) is 16.7. The van der Waals surface area contributed by atoms with Gasteiger partial charge in [-0.15, -0.1) is 0 Å². The predicted octanol–water partition coefficient (Wildman–Crippen LogP) is 11.2. The highest BCUT2D eigenvalue weighted by molar-refractivity contribution is 7.22. The van der Waals surface area contributed by atoms with Gasteiger partial charge in [-0.1, -0.05) is 59.9 Å². The number of rotatable bonds is 12. The van der Waals surface area contributed by atoms with Crippen LogP contribution in [0.1, 0.15) is 89.6 Å². The number of para-hydroxylation sites is 1. The lowest BCUT2D eigenvalue weighted by Crippen LogP contribution is -2.33. The normalized spacial score (nSPS) is 13.3. The molecule has 0 saturated heterocycles. The number of alkyl halides is 3. The molecule has 1 aliphatic rings.